The highest BCUT2D eigenvalue weighted by Crippen LogP contribution is 2.33. The van der Waals surface area contributed by atoms with Crippen molar-refractivity contribution >= 4 is 5.91 Å². The highest BCUT2D eigenvalue weighted by atomic mass is 16.2. The third kappa shape index (κ3) is 2.24. The number of carbonyl (C=O) groups excluding carboxylic acids is 1. The molecule has 1 aliphatic heterocycles. The number of amides is 1. The number of likely N-dealkylation sites (tertiary alicyclic amines) is 1. The van der Waals surface area contributed by atoms with Gasteiger partial charge in [0.1, 0.15) is 0 Å². The molecule has 1 fully saturated rings. The molecule has 1 atom stereocenters. The first kappa shape index (κ1) is 10.1. The van der Waals surface area contributed by atoms with Crippen LogP contribution in [-0.2, 0) is 4.79 Å². The summed E-state index contributed by atoms with van der Waals surface area (Å²) in [7, 11) is 0. The largest absolute Gasteiger partial charge is 0.331 e. The summed E-state index contributed by atoms with van der Waals surface area (Å²) in [4.78, 5) is 13.2. The first-order valence-corrected chi connectivity index (χ1v) is 4.66. The van der Waals surface area contributed by atoms with Crippen molar-refractivity contribution < 1.29 is 4.79 Å². The lowest BCUT2D eigenvalue weighted by Gasteiger charge is -2.26. The van der Waals surface area contributed by atoms with E-state index in [-0.39, 0.29) is 11.3 Å². The maximum absolute atomic E-state index is 11.5. The molecule has 0 bridgehead atoms. The molecule has 0 spiro atoms. The molecule has 2 nitrogen and oxygen atoms in total. The SMILES string of the molecule is C#CCN1CC(C(C)(C)C)CC1=O. The Bertz CT molecular complexity index is 244. The molecule has 1 heterocycles. The molecule has 0 N–H and O–H groups in total. The minimum atomic E-state index is 0.206. The van der Waals surface area contributed by atoms with E-state index in [1.807, 2.05) is 0 Å². The summed E-state index contributed by atoms with van der Waals surface area (Å²) in [5.74, 6) is 3.18. The van der Waals surface area contributed by atoms with Crippen LogP contribution < -0.4 is 0 Å². The van der Waals surface area contributed by atoms with Crippen LogP contribution >= 0.6 is 0 Å². The van der Waals surface area contributed by atoms with E-state index in [2.05, 4.69) is 26.7 Å². The van der Waals surface area contributed by atoms with Crippen LogP contribution in [0.2, 0.25) is 0 Å². The second-order valence-corrected chi connectivity index (χ2v) is 4.75. The van der Waals surface area contributed by atoms with Gasteiger partial charge in [-0.15, -0.1) is 6.42 Å². The number of hydrogen-bond donors (Lipinski definition) is 0. The molecule has 0 aromatic carbocycles. The highest BCUT2D eigenvalue weighted by molar-refractivity contribution is 5.79. The Morgan fingerprint density at radius 1 is 1.62 bits per heavy atom. The third-order valence-corrected chi connectivity index (χ3v) is 2.72. The van der Waals surface area contributed by atoms with Crippen molar-refractivity contribution in [1.82, 2.24) is 4.90 Å². The van der Waals surface area contributed by atoms with Crippen LogP contribution in [0.3, 0.4) is 0 Å². The predicted molar refractivity (Wildman–Crippen MR) is 53.0 cm³/mol. The standard InChI is InChI=1S/C11H17NO/c1-5-6-12-8-9(7-10(12)13)11(2,3)4/h1,9H,6-8H2,2-4H3. The Labute approximate surface area is 80.3 Å². The number of rotatable bonds is 1. The smallest absolute Gasteiger partial charge is 0.223 e. The van der Waals surface area contributed by atoms with Gasteiger partial charge in [0.25, 0.3) is 0 Å². The lowest BCUT2D eigenvalue weighted by Crippen LogP contribution is -2.27. The average molecular weight is 179 g/mol. The molecule has 0 saturated carbocycles. The van der Waals surface area contributed by atoms with Gasteiger partial charge in [0.05, 0.1) is 6.54 Å². The second kappa shape index (κ2) is 3.41. The van der Waals surface area contributed by atoms with Gasteiger partial charge < -0.3 is 4.90 Å². The maximum atomic E-state index is 11.5. The van der Waals surface area contributed by atoms with Gasteiger partial charge in [-0.1, -0.05) is 26.7 Å². The van der Waals surface area contributed by atoms with Crippen LogP contribution in [0.1, 0.15) is 27.2 Å². The van der Waals surface area contributed by atoms with Crippen molar-refractivity contribution in [1.29, 1.82) is 0 Å². The van der Waals surface area contributed by atoms with Gasteiger partial charge in [-0.3, -0.25) is 4.79 Å². The van der Waals surface area contributed by atoms with E-state index in [0.29, 0.717) is 18.9 Å². The van der Waals surface area contributed by atoms with Crippen LogP contribution in [0.15, 0.2) is 0 Å². The van der Waals surface area contributed by atoms with Crippen LogP contribution in [-0.4, -0.2) is 23.9 Å². The first-order chi connectivity index (χ1) is 5.95. The molecule has 1 rings (SSSR count). The Kier molecular flexibility index (Phi) is 2.66. The Balaban J connectivity index is 2.61. The van der Waals surface area contributed by atoms with E-state index in [0.717, 1.165) is 6.54 Å². The summed E-state index contributed by atoms with van der Waals surface area (Å²) in [5, 5.41) is 0. The molecule has 1 amide bonds. The molecule has 13 heavy (non-hydrogen) atoms. The van der Waals surface area contributed by atoms with E-state index in [9.17, 15) is 4.79 Å². The monoisotopic (exact) mass is 179 g/mol. The van der Waals surface area contributed by atoms with Gasteiger partial charge in [-0.25, -0.2) is 0 Å². The van der Waals surface area contributed by atoms with Crippen LogP contribution in [0.5, 0.6) is 0 Å². The van der Waals surface area contributed by atoms with E-state index < -0.39 is 0 Å². The van der Waals surface area contributed by atoms with E-state index >= 15 is 0 Å². The van der Waals surface area contributed by atoms with Gasteiger partial charge in [-0.2, -0.15) is 0 Å². The van der Waals surface area contributed by atoms with Crippen molar-refractivity contribution in [2.45, 2.75) is 27.2 Å². The molecule has 1 saturated heterocycles. The lowest BCUT2D eigenvalue weighted by atomic mass is 9.80. The van der Waals surface area contributed by atoms with Gasteiger partial charge >= 0.3 is 0 Å². The minimum Gasteiger partial charge on any atom is -0.331 e. The van der Waals surface area contributed by atoms with E-state index in [4.69, 9.17) is 6.42 Å². The zero-order valence-corrected chi connectivity index (χ0v) is 8.63. The summed E-state index contributed by atoms with van der Waals surface area (Å²) >= 11 is 0. The van der Waals surface area contributed by atoms with Crippen molar-refractivity contribution in [2.24, 2.45) is 11.3 Å². The molecule has 1 unspecified atom stereocenters. The molecule has 72 valence electrons. The first-order valence-electron chi connectivity index (χ1n) is 4.66. The topological polar surface area (TPSA) is 20.3 Å². The quantitative estimate of drug-likeness (QED) is 0.559. The summed E-state index contributed by atoms with van der Waals surface area (Å²) in [5.41, 5.74) is 0.207. The summed E-state index contributed by atoms with van der Waals surface area (Å²) in [6, 6.07) is 0. The normalized spacial score (nSPS) is 23.4. The summed E-state index contributed by atoms with van der Waals surface area (Å²) in [6.45, 7) is 7.80. The molecule has 0 radical (unpaired) electrons. The molecule has 0 aromatic heterocycles. The zero-order chi connectivity index (χ0) is 10.1. The summed E-state index contributed by atoms with van der Waals surface area (Å²) in [6.07, 6.45) is 5.84. The number of nitrogens with zero attached hydrogens (tertiary/aromatic N) is 1. The zero-order valence-electron chi connectivity index (χ0n) is 8.63. The fraction of sp³-hybridized carbons (Fsp3) is 0.727. The number of terminal acetylenes is 1. The van der Waals surface area contributed by atoms with E-state index in [1.165, 1.54) is 0 Å². The molecule has 0 aliphatic carbocycles. The fourth-order valence-electron chi connectivity index (χ4n) is 1.62. The molecule has 1 aliphatic rings. The van der Waals surface area contributed by atoms with Crippen LogP contribution in [0.25, 0.3) is 0 Å². The van der Waals surface area contributed by atoms with Crippen molar-refractivity contribution in [3.63, 3.8) is 0 Å². The van der Waals surface area contributed by atoms with Crippen LogP contribution in [0.4, 0.5) is 0 Å². The van der Waals surface area contributed by atoms with Gasteiger partial charge in [-0.05, 0) is 11.3 Å². The number of hydrogen-bond acceptors (Lipinski definition) is 1. The predicted octanol–water partition coefficient (Wildman–Crippen LogP) is 1.51. The fourth-order valence-corrected chi connectivity index (χ4v) is 1.62. The Morgan fingerprint density at radius 3 is 2.62 bits per heavy atom. The van der Waals surface area contributed by atoms with Gasteiger partial charge in [0.2, 0.25) is 5.91 Å². The molecule has 2 heteroatoms. The summed E-state index contributed by atoms with van der Waals surface area (Å²) < 4.78 is 0. The van der Waals surface area contributed by atoms with Crippen molar-refractivity contribution in [3.05, 3.63) is 0 Å². The lowest BCUT2D eigenvalue weighted by molar-refractivity contribution is -0.127. The molecule has 0 aromatic rings. The van der Waals surface area contributed by atoms with E-state index in [1.54, 1.807) is 4.90 Å². The number of carbonyl (C=O) groups is 1. The second-order valence-electron chi connectivity index (χ2n) is 4.75. The van der Waals surface area contributed by atoms with Gasteiger partial charge in [0.15, 0.2) is 0 Å². The van der Waals surface area contributed by atoms with Crippen molar-refractivity contribution in [3.8, 4) is 12.3 Å². The average Bonchev–Trinajstić information content (AvgIpc) is 2.32. The molecular formula is C11H17NO. The third-order valence-electron chi connectivity index (χ3n) is 2.72. The highest BCUT2D eigenvalue weighted by Gasteiger charge is 2.36. The Morgan fingerprint density at radius 2 is 2.23 bits per heavy atom. The maximum Gasteiger partial charge on any atom is 0.223 e. The van der Waals surface area contributed by atoms with Crippen molar-refractivity contribution in [2.75, 3.05) is 13.1 Å². The molecular weight excluding hydrogens is 162 g/mol. The Hall–Kier alpha value is -0.970. The minimum absolute atomic E-state index is 0.206. The van der Waals surface area contributed by atoms with Gasteiger partial charge in [0, 0.05) is 13.0 Å². The van der Waals surface area contributed by atoms with Crippen LogP contribution in [0, 0.1) is 23.7 Å².